The summed E-state index contributed by atoms with van der Waals surface area (Å²) in [6.07, 6.45) is 1.34. The Bertz CT molecular complexity index is 716. The van der Waals surface area contributed by atoms with E-state index in [0.29, 0.717) is 29.4 Å². The van der Waals surface area contributed by atoms with E-state index in [2.05, 4.69) is 19.2 Å². The first-order valence-corrected chi connectivity index (χ1v) is 8.61. The number of carbonyl (C=O) groups is 3. The van der Waals surface area contributed by atoms with Gasteiger partial charge in [-0.25, -0.2) is 4.79 Å². The lowest BCUT2D eigenvalue weighted by Gasteiger charge is -2.22. The summed E-state index contributed by atoms with van der Waals surface area (Å²) in [6, 6.07) is 4.25. The van der Waals surface area contributed by atoms with E-state index in [4.69, 9.17) is 9.47 Å². The minimum absolute atomic E-state index is 0.296. The second-order valence-corrected chi connectivity index (χ2v) is 7.08. The van der Waals surface area contributed by atoms with Crippen molar-refractivity contribution >= 4 is 17.7 Å². The minimum atomic E-state index is -0.967. The van der Waals surface area contributed by atoms with Gasteiger partial charge in [-0.1, -0.05) is 13.8 Å². The number of methoxy groups -OCH3 is 2. The number of carbonyl (C=O) groups excluding carboxylic acids is 3. The Morgan fingerprint density at radius 3 is 2.50 bits per heavy atom. The largest absolute Gasteiger partial charge is 0.497 e. The first-order chi connectivity index (χ1) is 12.2. The molecule has 0 spiro atoms. The van der Waals surface area contributed by atoms with Crippen LogP contribution in [-0.4, -0.2) is 48.9 Å². The number of hydrogen-bond donors (Lipinski definition) is 1. The van der Waals surface area contributed by atoms with Crippen LogP contribution < -0.4 is 14.8 Å². The van der Waals surface area contributed by atoms with Gasteiger partial charge in [-0.2, -0.15) is 0 Å². The first-order valence-electron chi connectivity index (χ1n) is 8.61. The summed E-state index contributed by atoms with van der Waals surface area (Å²) >= 11 is 0. The van der Waals surface area contributed by atoms with Crippen LogP contribution in [0.15, 0.2) is 18.2 Å². The van der Waals surface area contributed by atoms with Crippen LogP contribution in [0.5, 0.6) is 11.5 Å². The third kappa shape index (κ3) is 3.98. The smallest absolute Gasteiger partial charge is 0.325 e. The van der Waals surface area contributed by atoms with Crippen LogP contribution in [0.25, 0.3) is 0 Å². The second-order valence-electron chi connectivity index (χ2n) is 7.08. The number of urea groups is 1. The third-order valence-corrected chi connectivity index (χ3v) is 4.58. The molecule has 1 heterocycles. The van der Waals surface area contributed by atoms with Crippen molar-refractivity contribution in [3.05, 3.63) is 23.8 Å². The van der Waals surface area contributed by atoms with E-state index < -0.39 is 11.6 Å². The number of benzene rings is 1. The summed E-state index contributed by atoms with van der Waals surface area (Å²) in [5, 5.41) is 2.72. The molecule has 1 aliphatic heterocycles. The molecule has 1 fully saturated rings. The third-order valence-electron chi connectivity index (χ3n) is 4.58. The average molecular weight is 362 g/mol. The van der Waals surface area contributed by atoms with Crippen LogP contribution in [0, 0.1) is 5.92 Å². The zero-order chi connectivity index (χ0) is 19.5. The van der Waals surface area contributed by atoms with Gasteiger partial charge in [0.25, 0.3) is 5.91 Å². The molecular weight excluding hydrogens is 336 g/mol. The molecule has 142 valence electrons. The monoisotopic (exact) mass is 362 g/mol. The van der Waals surface area contributed by atoms with Crippen LogP contribution >= 0.6 is 0 Å². The Hall–Kier alpha value is -2.57. The van der Waals surface area contributed by atoms with Gasteiger partial charge < -0.3 is 14.8 Å². The highest BCUT2D eigenvalue weighted by Crippen LogP contribution is 2.28. The number of rotatable bonds is 8. The predicted octanol–water partition coefficient (Wildman–Crippen LogP) is 2.63. The Labute approximate surface area is 153 Å². The van der Waals surface area contributed by atoms with Gasteiger partial charge in [0.1, 0.15) is 17.0 Å². The fourth-order valence-electron chi connectivity index (χ4n) is 2.90. The first kappa shape index (κ1) is 19.8. The molecule has 0 unspecified atom stereocenters. The number of ketones is 1. The van der Waals surface area contributed by atoms with Crippen molar-refractivity contribution in [2.75, 3.05) is 20.8 Å². The zero-order valence-electron chi connectivity index (χ0n) is 15.9. The summed E-state index contributed by atoms with van der Waals surface area (Å²) in [5.74, 6) is 0.555. The molecule has 3 amide bonds. The average Bonchev–Trinajstić information content (AvgIpc) is 2.82. The van der Waals surface area contributed by atoms with Crippen molar-refractivity contribution in [1.82, 2.24) is 10.2 Å². The van der Waals surface area contributed by atoms with Crippen LogP contribution in [0.2, 0.25) is 0 Å². The highest BCUT2D eigenvalue weighted by Gasteiger charge is 2.47. The van der Waals surface area contributed by atoms with Gasteiger partial charge in [0.05, 0.1) is 26.3 Å². The molecule has 1 saturated heterocycles. The minimum Gasteiger partial charge on any atom is -0.497 e. The van der Waals surface area contributed by atoms with Crippen molar-refractivity contribution < 1.29 is 23.9 Å². The number of nitrogens with one attached hydrogen (secondary N) is 1. The lowest BCUT2D eigenvalue weighted by atomic mass is 9.92. The molecule has 1 N–H and O–H groups in total. The molecule has 1 atom stereocenters. The van der Waals surface area contributed by atoms with E-state index >= 15 is 0 Å². The molecule has 0 bridgehead atoms. The van der Waals surface area contributed by atoms with Crippen molar-refractivity contribution in [2.24, 2.45) is 5.92 Å². The molecule has 7 nitrogen and oxygen atoms in total. The maximum atomic E-state index is 12.7. The normalized spacial score (nSPS) is 19.7. The number of amides is 3. The Kier molecular flexibility index (Phi) is 5.90. The van der Waals surface area contributed by atoms with Crippen LogP contribution in [0.3, 0.4) is 0 Å². The summed E-state index contributed by atoms with van der Waals surface area (Å²) < 4.78 is 10.3. The van der Waals surface area contributed by atoms with Gasteiger partial charge in [-0.05, 0) is 37.8 Å². The Morgan fingerprint density at radius 2 is 1.92 bits per heavy atom. The Morgan fingerprint density at radius 1 is 1.23 bits per heavy atom. The van der Waals surface area contributed by atoms with E-state index in [1.165, 1.54) is 14.2 Å². The topological polar surface area (TPSA) is 84.9 Å². The number of hydrogen-bond acceptors (Lipinski definition) is 5. The fourth-order valence-corrected chi connectivity index (χ4v) is 2.90. The van der Waals surface area contributed by atoms with Crippen molar-refractivity contribution in [3.8, 4) is 11.5 Å². The molecule has 1 aromatic carbocycles. The van der Waals surface area contributed by atoms with E-state index in [9.17, 15) is 14.4 Å². The molecule has 0 aromatic heterocycles. The number of imide groups is 1. The van der Waals surface area contributed by atoms with Crippen molar-refractivity contribution in [2.45, 2.75) is 39.2 Å². The number of ether oxygens (including phenoxy) is 2. The zero-order valence-corrected chi connectivity index (χ0v) is 15.9. The highest BCUT2D eigenvalue weighted by molar-refractivity contribution is 6.11. The molecular formula is C19H26N2O5. The molecule has 1 aromatic rings. The summed E-state index contributed by atoms with van der Waals surface area (Å²) in [7, 11) is 2.96. The van der Waals surface area contributed by atoms with Gasteiger partial charge in [0, 0.05) is 6.07 Å². The molecule has 2 rings (SSSR count). The fraction of sp³-hybridized carbons (Fsp3) is 0.526. The SMILES string of the molecule is COc1ccc(C(=O)CN2C(=O)N[C@](C)(CCC(C)C)C2=O)c(OC)c1. The summed E-state index contributed by atoms with van der Waals surface area (Å²) in [4.78, 5) is 38.6. The second kappa shape index (κ2) is 7.76. The molecule has 0 radical (unpaired) electrons. The molecule has 26 heavy (non-hydrogen) atoms. The lowest BCUT2D eigenvalue weighted by molar-refractivity contribution is -0.130. The van der Waals surface area contributed by atoms with Gasteiger partial charge in [0.2, 0.25) is 0 Å². The maximum absolute atomic E-state index is 12.7. The Balaban J connectivity index is 2.16. The van der Waals surface area contributed by atoms with Gasteiger partial charge in [0.15, 0.2) is 5.78 Å². The number of Topliss-reactive ketones (excluding diaryl/α,β-unsaturated/α-hetero) is 1. The summed E-state index contributed by atoms with van der Waals surface area (Å²) in [6.45, 7) is 5.49. The van der Waals surface area contributed by atoms with Crippen molar-refractivity contribution in [3.63, 3.8) is 0 Å². The van der Waals surface area contributed by atoms with Gasteiger partial charge in [-0.15, -0.1) is 0 Å². The lowest BCUT2D eigenvalue weighted by Crippen LogP contribution is -2.44. The molecule has 0 aliphatic carbocycles. The van der Waals surface area contributed by atoms with E-state index in [1.54, 1.807) is 25.1 Å². The van der Waals surface area contributed by atoms with Gasteiger partial charge >= 0.3 is 6.03 Å². The summed E-state index contributed by atoms with van der Waals surface area (Å²) in [5.41, 5.74) is -0.671. The van der Waals surface area contributed by atoms with Gasteiger partial charge in [-0.3, -0.25) is 14.5 Å². The number of nitrogens with zero attached hydrogens (tertiary/aromatic N) is 1. The quantitative estimate of drug-likeness (QED) is 0.568. The standard InChI is InChI=1S/C19H26N2O5/c1-12(2)8-9-19(3)17(23)21(18(24)20-19)11-15(22)14-7-6-13(25-4)10-16(14)26-5/h6-7,10,12H,8-9,11H2,1-5H3,(H,20,24)/t19-/m1/s1. The van der Waals surface area contributed by atoms with Crippen molar-refractivity contribution in [1.29, 1.82) is 0 Å². The maximum Gasteiger partial charge on any atom is 0.325 e. The molecule has 7 heteroatoms. The molecule has 1 aliphatic rings. The van der Waals surface area contributed by atoms with Crippen LogP contribution in [0.4, 0.5) is 4.79 Å². The highest BCUT2D eigenvalue weighted by atomic mass is 16.5. The van der Waals surface area contributed by atoms with Crippen LogP contribution in [-0.2, 0) is 4.79 Å². The molecule has 0 saturated carbocycles. The van der Waals surface area contributed by atoms with E-state index in [-0.39, 0.29) is 18.2 Å². The predicted molar refractivity (Wildman–Crippen MR) is 96.6 cm³/mol. The van der Waals surface area contributed by atoms with Crippen LogP contribution in [0.1, 0.15) is 44.0 Å². The van der Waals surface area contributed by atoms with E-state index in [0.717, 1.165) is 11.3 Å². The van der Waals surface area contributed by atoms with E-state index in [1.807, 2.05) is 0 Å².